The third-order valence-corrected chi connectivity index (χ3v) is 6.93. The van der Waals surface area contributed by atoms with Crippen LogP contribution < -0.4 is 21.3 Å². The molecule has 160 valence electrons. The number of carbonyl (C=O) groups excluding carboxylic acids is 2. The van der Waals surface area contributed by atoms with Gasteiger partial charge in [-0.1, -0.05) is 0 Å². The number of amides is 3. The Hall–Kier alpha value is -2.37. The zero-order valence-electron chi connectivity index (χ0n) is 16.4. The van der Waals surface area contributed by atoms with Crippen molar-refractivity contribution in [2.24, 2.45) is 5.73 Å². The second kappa shape index (κ2) is 8.97. The lowest BCUT2D eigenvalue weighted by molar-refractivity contribution is -0.117. The molecule has 3 rings (SSSR count). The monoisotopic (exact) mass is 425 g/mol. The van der Waals surface area contributed by atoms with Crippen LogP contribution in [0.15, 0.2) is 23.1 Å². The van der Waals surface area contributed by atoms with Gasteiger partial charge in [0.1, 0.15) is 6.04 Å². The lowest BCUT2D eigenvalue weighted by atomic mass is 10.2. The van der Waals surface area contributed by atoms with E-state index in [1.54, 1.807) is 12.1 Å². The minimum atomic E-state index is -3.71. The van der Waals surface area contributed by atoms with Gasteiger partial charge in [0.2, 0.25) is 15.9 Å². The Kier molecular flexibility index (Phi) is 6.60. The summed E-state index contributed by atoms with van der Waals surface area (Å²) in [5.41, 5.74) is 6.23. The molecule has 0 radical (unpaired) electrons. The zero-order chi connectivity index (χ0) is 21.0. The number of urea groups is 1. The van der Waals surface area contributed by atoms with Gasteiger partial charge in [0.25, 0.3) is 0 Å². The van der Waals surface area contributed by atoms with Crippen molar-refractivity contribution in [3.8, 4) is 0 Å². The Morgan fingerprint density at radius 1 is 1.14 bits per heavy atom. The van der Waals surface area contributed by atoms with Gasteiger partial charge < -0.3 is 26.0 Å². The summed E-state index contributed by atoms with van der Waals surface area (Å²) in [5, 5.41) is 5.07. The lowest BCUT2D eigenvalue weighted by Crippen LogP contribution is -2.44. The first-order chi connectivity index (χ1) is 13.8. The van der Waals surface area contributed by atoms with Crippen molar-refractivity contribution in [1.82, 2.24) is 9.62 Å². The van der Waals surface area contributed by atoms with Crippen LogP contribution in [0.5, 0.6) is 0 Å². The minimum absolute atomic E-state index is 0.105. The number of nitrogens with zero attached hydrogens (tertiary/aromatic N) is 2. The van der Waals surface area contributed by atoms with E-state index in [-0.39, 0.29) is 18.0 Å². The number of ether oxygens (including phenoxy) is 1. The van der Waals surface area contributed by atoms with Crippen molar-refractivity contribution in [3.63, 3.8) is 0 Å². The number of nitrogens with two attached hydrogens (primary N) is 1. The summed E-state index contributed by atoms with van der Waals surface area (Å²) in [4.78, 5) is 25.7. The van der Waals surface area contributed by atoms with Crippen LogP contribution in [0.2, 0.25) is 0 Å². The van der Waals surface area contributed by atoms with E-state index >= 15 is 0 Å². The van der Waals surface area contributed by atoms with Crippen molar-refractivity contribution < 1.29 is 22.7 Å². The van der Waals surface area contributed by atoms with E-state index in [0.29, 0.717) is 18.9 Å². The highest BCUT2D eigenvalue weighted by Gasteiger charge is 2.28. The second-order valence-electron chi connectivity index (χ2n) is 7.11. The molecule has 1 aromatic rings. The Bertz CT molecular complexity index is 863. The number of sulfonamides is 1. The molecule has 0 aromatic heterocycles. The Morgan fingerprint density at radius 2 is 1.79 bits per heavy atom. The van der Waals surface area contributed by atoms with Gasteiger partial charge in [-0.25, -0.2) is 13.2 Å². The van der Waals surface area contributed by atoms with E-state index in [9.17, 15) is 18.0 Å². The van der Waals surface area contributed by atoms with Crippen LogP contribution in [0.4, 0.5) is 16.2 Å². The predicted octanol–water partition coefficient (Wildman–Crippen LogP) is 0.303. The van der Waals surface area contributed by atoms with Gasteiger partial charge in [-0.2, -0.15) is 4.31 Å². The van der Waals surface area contributed by atoms with Crippen LogP contribution in [-0.4, -0.2) is 70.1 Å². The van der Waals surface area contributed by atoms with Crippen LogP contribution >= 0.6 is 0 Å². The topological polar surface area (TPSA) is 134 Å². The first kappa shape index (κ1) is 21.3. The minimum Gasteiger partial charge on any atom is -0.379 e. The van der Waals surface area contributed by atoms with Gasteiger partial charge in [-0.15, -0.1) is 0 Å². The van der Waals surface area contributed by atoms with Crippen molar-refractivity contribution >= 4 is 33.3 Å². The molecule has 2 aliphatic rings. The maximum Gasteiger partial charge on any atom is 0.312 e. The maximum atomic E-state index is 13.0. The van der Waals surface area contributed by atoms with Crippen molar-refractivity contribution in [3.05, 3.63) is 18.2 Å². The van der Waals surface area contributed by atoms with E-state index in [4.69, 9.17) is 10.5 Å². The number of nitrogens with one attached hydrogen (secondary N) is 2. The Balaban J connectivity index is 1.91. The molecule has 1 aromatic carbocycles. The number of hydrogen-bond acceptors (Lipinski definition) is 6. The molecular weight excluding hydrogens is 398 g/mol. The largest absolute Gasteiger partial charge is 0.379 e. The number of rotatable bonds is 6. The number of morpholine rings is 1. The SMILES string of the molecule is C[C@H](NC(N)=O)C(=O)Nc1cc(S(=O)(=O)N2CCOCC2)ccc1N1CCCC1. The molecular formula is C18H27N5O5S. The second-order valence-corrected chi connectivity index (χ2v) is 9.05. The molecule has 0 aliphatic carbocycles. The first-order valence-electron chi connectivity index (χ1n) is 9.63. The zero-order valence-corrected chi connectivity index (χ0v) is 17.2. The van der Waals surface area contributed by atoms with Crippen LogP contribution in [0.3, 0.4) is 0 Å². The molecule has 11 heteroatoms. The molecule has 2 fully saturated rings. The summed E-state index contributed by atoms with van der Waals surface area (Å²) < 4.78 is 32.6. The average Bonchev–Trinajstić information content (AvgIpc) is 3.22. The van der Waals surface area contributed by atoms with Gasteiger partial charge in [-0.3, -0.25) is 4.79 Å². The van der Waals surface area contributed by atoms with Gasteiger partial charge >= 0.3 is 6.03 Å². The highest BCUT2D eigenvalue weighted by Crippen LogP contribution is 2.32. The van der Waals surface area contributed by atoms with Crippen LogP contribution in [-0.2, 0) is 19.6 Å². The van der Waals surface area contributed by atoms with Crippen molar-refractivity contribution in [1.29, 1.82) is 0 Å². The molecule has 3 amide bonds. The van der Waals surface area contributed by atoms with Gasteiger partial charge in [0.15, 0.2) is 0 Å². The molecule has 0 spiro atoms. The highest BCUT2D eigenvalue weighted by atomic mass is 32.2. The van der Waals surface area contributed by atoms with E-state index in [1.165, 1.54) is 17.3 Å². The maximum absolute atomic E-state index is 13.0. The molecule has 10 nitrogen and oxygen atoms in total. The fraction of sp³-hybridized carbons (Fsp3) is 0.556. The van der Waals surface area contributed by atoms with Crippen LogP contribution in [0.25, 0.3) is 0 Å². The van der Waals surface area contributed by atoms with E-state index in [1.807, 2.05) is 0 Å². The smallest absolute Gasteiger partial charge is 0.312 e. The number of anilines is 2. The first-order valence-corrected chi connectivity index (χ1v) is 11.1. The Labute approximate surface area is 170 Å². The lowest BCUT2D eigenvalue weighted by Gasteiger charge is -2.27. The summed E-state index contributed by atoms with van der Waals surface area (Å²) in [5.74, 6) is -0.481. The summed E-state index contributed by atoms with van der Waals surface area (Å²) in [6.45, 7) is 4.44. The summed E-state index contributed by atoms with van der Waals surface area (Å²) in [6, 6.07) is 3.10. The summed E-state index contributed by atoms with van der Waals surface area (Å²) in [6.07, 6.45) is 2.06. The summed E-state index contributed by atoms with van der Waals surface area (Å²) >= 11 is 0. The number of benzene rings is 1. The normalized spacial score (nSPS) is 19.0. The standard InChI is InChI=1S/C18H27N5O5S/c1-13(20-18(19)25)17(24)21-15-12-14(4-5-16(15)22-6-2-3-7-22)29(26,27)23-8-10-28-11-9-23/h4-5,12-13H,2-3,6-11H2,1H3,(H,21,24)(H3,19,20,25)/t13-/m0/s1. The van der Waals surface area contributed by atoms with Crippen molar-refractivity contribution in [2.75, 3.05) is 49.6 Å². The number of primary amides is 1. The molecule has 4 N–H and O–H groups in total. The molecule has 0 bridgehead atoms. The Morgan fingerprint density at radius 3 is 2.41 bits per heavy atom. The molecule has 2 saturated heterocycles. The number of carbonyl (C=O) groups is 2. The quantitative estimate of drug-likeness (QED) is 0.600. The fourth-order valence-electron chi connectivity index (χ4n) is 3.47. The van der Waals surface area contributed by atoms with Crippen LogP contribution in [0.1, 0.15) is 19.8 Å². The number of hydrogen-bond donors (Lipinski definition) is 3. The van der Waals surface area contributed by atoms with Gasteiger partial charge in [-0.05, 0) is 38.0 Å². The van der Waals surface area contributed by atoms with Gasteiger partial charge in [0.05, 0.1) is 29.5 Å². The molecule has 2 heterocycles. The van der Waals surface area contributed by atoms with Gasteiger partial charge in [0, 0.05) is 26.2 Å². The molecule has 0 saturated carbocycles. The summed E-state index contributed by atoms with van der Waals surface area (Å²) in [7, 11) is -3.71. The third-order valence-electron chi connectivity index (χ3n) is 5.03. The molecule has 29 heavy (non-hydrogen) atoms. The van der Waals surface area contributed by atoms with E-state index < -0.39 is 28.0 Å². The molecule has 0 unspecified atom stereocenters. The molecule has 1 atom stereocenters. The highest BCUT2D eigenvalue weighted by molar-refractivity contribution is 7.89. The predicted molar refractivity (Wildman–Crippen MR) is 108 cm³/mol. The van der Waals surface area contributed by atoms with Crippen LogP contribution in [0, 0.1) is 0 Å². The van der Waals surface area contributed by atoms with E-state index in [0.717, 1.165) is 31.6 Å². The van der Waals surface area contributed by atoms with E-state index in [2.05, 4.69) is 15.5 Å². The van der Waals surface area contributed by atoms with Crippen molar-refractivity contribution in [2.45, 2.75) is 30.7 Å². The average molecular weight is 426 g/mol. The third kappa shape index (κ3) is 4.98. The molecule has 2 aliphatic heterocycles. The fourth-order valence-corrected chi connectivity index (χ4v) is 4.90.